The minimum absolute atomic E-state index is 0.395. The molecular weight excluding hydrogens is 286 g/mol. The lowest BCUT2D eigenvalue weighted by atomic mass is 10.2. The first-order chi connectivity index (χ1) is 9.29. The molecule has 1 aromatic heterocycles. The molecule has 1 aromatic rings. The second kappa shape index (κ2) is 6.85. The third-order valence-corrected chi connectivity index (χ3v) is 3.48. The minimum Gasteiger partial charge on any atom is -0.481 e. The van der Waals surface area contributed by atoms with E-state index >= 15 is 0 Å². The fourth-order valence-electron chi connectivity index (χ4n) is 1.40. The summed E-state index contributed by atoms with van der Waals surface area (Å²) in [6.07, 6.45) is -0.687. The number of aromatic nitrogens is 1. The van der Waals surface area contributed by atoms with Crippen molar-refractivity contribution in [3.8, 4) is 0 Å². The highest BCUT2D eigenvalue weighted by atomic mass is 32.1. The first kappa shape index (κ1) is 15.9. The molecule has 0 bridgehead atoms. The van der Waals surface area contributed by atoms with Gasteiger partial charge in [0.05, 0.1) is 12.5 Å². The molecule has 20 heavy (non-hydrogen) atoms. The van der Waals surface area contributed by atoms with Crippen molar-refractivity contribution in [1.29, 1.82) is 0 Å². The Labute approximate surface area is 118 Å². The van der Waals surface area contributed by atoms with Crippen LogP contribution in [0, 0.1) is 6.92 Å². The van der Waals surface area contributed by atoms with Gasteiger partial charge in [-0.15, -0.1) is 11.3 Å². The summed E-state index contributed by atoms with van der Waals surface area (Å²) in [6, 6.07) is -2.62. The zero-order valence-electron chi connectivity index (χ0n) is 10.9. The molecular formula is C11H15N3O5S. The monoisotopic (exact) mass is 301 g/mol. The fraction of sp³-hybridized carbons (Fsp3) is 0.455. The molecule has 2 amide bonds. The highest BCUT2D eigenvalue weighted by Crippen LogP contribution is 2.17. The number of urea groups is 1. The van der Waals surface area contributed by atoms with Gasteiger partial charge >= 0.3 is 18.0 Å². The van der Waals surface area contributed by atoms with Crippen molar-refractivity contribution in [3.63, 3.8) is 0 Å². The summed E-state index contributed by atoms with van der Waals surface area (Å²) in [5.74, 6) is -2.71. The van der Waals surface area contributed by atoms with Crippen molar-refractivity contribution < 1.29 is 24.6 Å². The maximum Gasteiger partial charge on any atom is 0.326 e. The van der Waals surface area contributed by atoms with E-state index in [1.165, 1.54) is 11.3 Å². The summed E-state index contributed by atoms with van der Waals surface area (Å²) in [5, 5.41) is 24.5. The van der Waals surface area contributed by atoms with Crippen LogP contribution in [-0.2, 0) is 9.59 Å². The number of rotatable bonds is 6. The van der Waals surface area contributed by atoms with Gasteiger partial charge in [0.2, 0.25) is 0 Å². The van der Waals surface area contributed by atoms with Crippen LogP contribution in [0.3, 0.4) is 0 Å². The summed E-state index contributed by atoms with van der Waals surface area (Å²) in [6.45, 7) is 3.52. The number of carboxylic acid groups (broad SMARTS) is 2. The lowest BCUT2D eigenvalue weighted by Gasteiger charge is -2.16. The van der Waals surface area contributed by atoms with Crippen LogP contribution >= 0.6 is 11.3 Å². The number of hydrogen-bond donors (Lipinski definition) is 4. The Morgan fingerprint density at radius 2 is 2.00 bits per heavy atom. The predicted octanol–water partition coefficient (Wildman–Crippen LogP) is 0.740. The van der Waals surface area contributed by atoms with E-state index < -0.39 is 36.5 Å². The first-order valence-corrected chi connectivity index (χ1v) is 6.61. The quantitative estimate of drug-likeness (QED) is 0.613. The van der Waals surface area contributed by atoms with Gasteiger partial charge in [-0.1, -0.05) is 0 Å². The molecule has 2 atom stereocenters. The molecule has 0 aliphatic rings. The number of thiazole rings is 1. The second-order valence-corrected chi connectivity index (χ2v) is 5.04. The second-order valence-electron chi connectivity index (χ2n) is 4.16. The van der Waals surface area contributed by atoms with Gasteiger partial charge in [-0.3, -0.25) is 4.79 Å². The molecule has 0 aromatic carbocycles. The zero-order chi connectivity index (χ0) is 15.3. The van der Waals surface area contributed by atoms with Crippen LogP contribution in [0.15, 0.2) is 5.38 Å². The minimum atomic E-state index is -1.47. The van der Waals surface area contributed by atoms with Crippen molar-refractivity contribution >= 4 is 29.3 Å². The number of nitrogens with one attached hydrogen (secondary N) is 2. The molecule has 0 saturated heterocycles. The molecule has 2 unspecified atom stereocenters. The normalized spacial score (nSPS) is 13.3. The Morgan fingerprint density at radius 1 is 1.35 bits per heavy atom. The van der Waals surface area contributed by atoms with E-state index in [1.54, 1.807) is 6.92 Å². The van der Waals surface area contributed by atoms with Crippen molar-refractivity contribution in [2.45, 2.75) is 32.4 Å². The molecule has 4 N–H and O–H groups in total. The van der Waals surface area contributed by atoms with E-state index in [2.05, 4.69) is 15.6 Å². The SMILES string of the molecule is Cc1csc(C(C)NC(=O)NC(CC(=O)O)C(=O)O)n1. The predicted molar refractivity (Wildman–Crippen MR) is 70.6 cm³/mol. The number of nitrogens with zero attached hydrogens (tertiary/aromatic N) is 1. The summed E-state index contributed by atoms with van der Waals surface area (Å²) in [7, 11) is 0. The van der Waals surface area contributed by atoms with Crippen LogP contribution < -0.4 is 10.6 Å². The third kappa shape index (κ3) is 4.84. The molecule has 1 rings (SSSR count). The Bertz CT molecular complexity index is 516. The molecule has 8 nitrogen and oxygen atoms in total. The maximum atomic E-state index is 11.6. The van der Waals surface area contributed by atoms with Gasteiger partial charge in [-0.2, -0.15) is 0 Å². The molecule has 0 fully saturated rings. The summed E-state index contributed by atoms with van der Waals surface area (Å²) in [4.78, 5) is 37.1. The Hall–Kier alpha value is -2.16. The molecule has 0 radical (unpaired) electrons. The molecule has 1 heterocycles. The van der Waals surface area contributed by atoms with E-state index in [-0.39, 0.29) is 0 Å². The smallest absolute Gasteiger partial charge is 0.326 e. The van der Waals surface area contributed by atoms with Crippen LogP contribution in [0.1, 0.15) is 30.1 Å². The first-order valence-electron chi connectivity index (χ1n) is 5.73. The van der Waals surface area contributed by atoms with Crippen LogP contribution in [0.25, 0.3) is 0 Å². The van der Waals surface area contributed by atoms with E-state index in [9.17, 15) is 14.4 Å². The van der Waals surface area contributed by atoms with Crippen molar-refractivity contribution in [2.24, 2.45) is 0 Å². The van der Waals surface area contributed by atoms with Crippen molar-refractivity contribution in [3.05, 3.63) is 16.1 Å². The number of aliphatic carboxylic acids is 2. The van der Waals surface area contributed by atoms with E-state index in [1.807, 2.05) is 12.3 Å². The number of carbonyl (C=O) groups excluding carboxylic acids is 1. The van der Waals surface area contributed by atoms with Crippen molar-refractivity contribution in [1.82, 2.24) is 15.6 Å². The molecule has 0 saturated carbocycles. The fourth-order valence-corrected chi connectivity index (χ4v) is 2.21. The molecule has 0 spiro atoms. The Balaban J connectivity index is 2.57. The van der Waals surface area contributed by atoms with Crippen LogP contribution in [0.2, 0.25) is 0 Å². The molecule has 110 valence electrons. The van der Waals surface area contributed by atoms with E-state index in [0.29, 0.717) is 5.01 Å². The molecule has 9 heteroatoms. The van der Waals surface area contributed by atoms with Gasteiger partial charge < -0.3 is 20.8 Å². The molecule has 0 aliphatic carbocycles. The van der Waals surface area contributed by atoms with Gasteiger partial charge in [0.15, 0.2) is 0 Å². The average Bonchev–Trinajstić information content (AvgIpc) is 2.74. The lowest BCUT2D eigenvalue weighted by Crippen LogP contribution is -2.47. The highest BCUT2D eigenvalue weighted by Gasteiger charge is 2.24. The zero-order valence-corrected chi connectivity index (χ0v) is 11.7. The van der Waals surface area contributed by atoms with Gasteiger partial charge in [-0.25, -0.2) is 14.6 Å². The number of carboxylic acids is 2. The van der Waals surface area contributed by atoms with Gasteiger partial charge in [0.1, 0.15) is 11.0 Å². The summed E-state index contributed by atoms with van der Waals surface area (Å²) in [5.41, 5.74) is 0.827. The van der Waals surface area contributed by atoms with Gasteiger partial charge in [-0.05, 0) is 13.8 Å². The van der Waals surface area contributed by atoms with Crippen LogP contribution in [0.5, 0.6) is 0 Å². The van der Waals surface area contributed by atoms with Gasteiger partial charge in [0.25, 0.3) is 0 Å². The van der Waals surface area contributed by atoms with Crippen LogP contribution in [0.4, 0.5) is 4.79 Å². The molecule has 0 aliphatic heterocycles. The Kier molecular flexibility index (Phi) is 5.44. The largest absolute Gasteiger partial charge is 0.481 e. The average molecular weight is 301 g/mol. The third-order valence-electron chi connectivity index (χ3n) is 2.34. The van der Waals surface area contributed by atoms with Gasteiger partial charge in [0, 0.05) is 11.1 Å². The summed E-state index contributed by atoms with van der Waals surface area (Å²) < 4.78 is 0. The van der Waals surface area contributed by atoms with E-state index in [0.717, 1.165) is 5.69 Å². The maximum absolute atomic E-state index is 11.6. The number of carbonyl (C=O) groups is 3. The topological polar surface area (TPSA) is 129 Å². The van der Waals surface area contributed by atoms with Crippen molar-refractivity contribution in [2.75, 3.05) is 0 Å². The summed E-state index contributed by atoms with van der Waals surface area (Å²) >= 11 is 1.37. The number of amides is 2. The highest BCUT2D eigenvalue weighted by molar-refractivity contribution is 7.09. The standard InChI is InChI=1S/C11H15N3O5S/c1-5-4-20-9(12-5)6(2)13-11(19)14-7(10(17)18)3-8(15)16/h4,6-7H,3H2,1-2H3,(H,15,16)(H,17,18)(H2,13,14,19). The Morgan fingerprint density at radius 3 is 2.45 bits per heavy atom. The number of hydrogen-bond acceptors (Lipinski definition) is 5. The lowest BCUT2D eigenvalue weighted by molar-refractivity contribution is -0.145. The van der Waals surface area contributed by atoms with Crippen LogP contribution in [-0.4, -0.2) is 39.2 Å². The van der Waals surface area contributed by atoms with E-state index in [4.69, 9.17) is 10.2 Å². The number of aryl methyl sites for hydroxylation is 1.